The van der Waals surface area contributed by atoms with E-state index in [4.69, 9.17) is 21.3 Å². The van der Waals surface area contributed by atoms with Gasteiger partial charge in [0, 0.05) is 29.0 Å². The number of methoxy groups -OCH3 is 1. The third-order valence-electron chi connectivity index (χ3n) is 8.16. The lowest BCUT2D eigenvalue weighted by Gasteiger charge is -2.22. The largest absolute Gasteiger partial charge is 0.465 e. The number of alkyl halides is 1. The number of Topliss-reactive ketones (excluding diaryl/α,β-unsaturated/α-hetero) is 1. The van der Waals surface area contributed by atoms with E-state index < -0.39 is 0 Å². The smallest absolute Gasteiger partial charge is 0.350 e. The molecular weight excluding hydrogens is 454 g/mol. The summed E-state index contributed by atoms with van der Waals surface area (Å²) in [6.07, 6.45) is 8.21. The molecule has 1 spiro atoms. The summed E-state index contributed by atoms with van der Waals surface area (Å²) in [5.41, 5.74) is 3.36. The Morgan fingerprint density at radius 1 is 1.33 bits per heavy atom. The average molecular weight is 486 g/mol. The number of rotatable bonds is 4. The first-order chi connectivity index (χ1) is 16.0. The number of halogens is 1. The van der Waals surface area contributed by atoms with Gasteiger partial charge in [-0.15, -0.1) is 22.9 Å². The van der Waals surface area contributed by atoms with Crippen molar-refractivity contribution in [3.63, 3.8) is 0 Å². The third-order valence-corrected chi connectivity index (χ3v) is 9.84. The molecule has 2 aliphatic carbocycles. The predicted molar refractivity (Wildman–Crippen MR) is 131 cm³/mol. The van der Waals surface area contributed by atoms with E-state index in [1.807, 2.05) is 0 Å². The standard InChI is InChI=1S/C27H32ClNO3S/c1-3-4-9-19-17-8-5-7-16(12-17)13-18-15-27(18)20(21(30)14-22(27)28)10-6-11-23-29-24(19)25(33-23)26(31)32-2/h5,7-8,12,18-20,22H,3-4,6,9-11,13-15H2,1-2H3/t18-,19?,20+,22?,27?/m1/s1. The molecule has 5 rings (SSSR count). The highest BCUT2D eigenvalue weighted by Crippen LogP contribution is 2.68. The fraction of sp³-hybridized carbons (Fsp3) is 0.593. The van der Waals surface area contributed by atoms with Gasteiger partial charge in [-0.25, -0.2) is 9.78 Å². The first-order valence-corrected chi connectivity index (χ1v) is 13.6. The summed E-state index contributed by atoms with van der Waals surface area (Å²) in [5, 5.41) is 0.931. The van der Waals surface area contributed by atoms with Crippen LogP contribution in [0.5, 0.6) is 0 Å². The van der Waals surface area contributed by atoms with Crippen LogP contribution in [0.4, 0.5) is 0 Å². The molecule has 1 aromatic heterocycles. The number of ketones is 1. The van der Waals surface area contributed by atoms with Crippen LogP contribution >= 0.6 is 22.9 Å². The minimum absolute atomic E-state index is 0.0222. The van der Waals surface area contributed by atoms with Gasteiger partial charge in [0.05, 0.1) is 17.8 Å². The Balaban J connectivity index is 1.57. The molecule has 1 aliphatic heterocycles. The molecule has 4 bridgehead atoms. The molecule has 5 atom stereocenters. The Kier molecular flexibility index (Phi) is 6.39. The van der Waals surface area contributed by atoms with Gasteiger partial charge in [-0.1, -0.05) is 44.0 Å². The van der Waals surface area contributed by atoms with Crippen molar-refractivity contribution < 1.29 is 14.3 Å². The van der Waals surface area contributed by atoms with Crippen molar-refractivity contribution >= 4 is 34.7 Å². The van der Waals surface area contributed by atoms with Gasteiger partial charge >= 0.3 is 5.97 Å². The monoisotopic (exact) mass is 485 g/mol. The molecular formula is C27H32ClNO3S. The number of hydrogen-bond acceptors (Lipinski definition) is 5. The Bertz CT molecular complexity index is 1070. The molecule has 0 saturated heterocycles. The first kappa shape index (κ1) is 23.0. The fourth-order valence-corrected chi connectivity index (χ4v) is 8.06. The molecule has 176 valence electrons. The van der Waals surface area contributed by atoms with Gasteiger partial charge in [0.2, 0.25) is 0 Å². The lowest BCUT2D eigenvalue weighted by molar-refractivity contribution is -0.121. The summed E-state index contributed by atoms with van der Waals surface area (Å²) in [5.74, 6) is 0.673. The number of esters is 1. The van der Waals surface area contributed by atoms with Crippen molar-refractivity contribution in [2.24, 2.45) is 17.3 Å². The SMILES string of the molecule is CCCCC1c2cccc(c2)C[C@@H]2CC23C(Cl)CC(=O)[C@@H]3CCCc2nc1c(C(=O)OC)s2. The molecule has 2 aromatic rings. The summed E-state index contributed by atoms with van der Waals surface area (Å²) < 4.78 is 5.14. The molecule has 0 N–H and O–H groups in total. The van der Waals surface area contributed by atoms with Crippen molar-refractivity contribution in [2.75, 3.05) is 7.11 Å². The van der Waals surface area contributed by atoms with Gasteiger partial charge in [-0.3, -0.25) is 4.79 Å². The number of carbonyl (C=O) groups is 2. The zero-order valence-corrected chi connectivity index (χ0v) is 21.0. The van der Waals surface area contributed by atoms with Crippen LogP contribution in [-0.4, -0.2) is 29.2 Å². The maximum atomic E-state index is 12.9. The minimum Gasteiger partial charge on any atom is -0.465 e. The molecule has 1 aromatic carbocycles. The van der Waals surface area contributed by atoms with Crippen molar-refractivity contribution in [3.8, 4) is 0 Å². The van der Waals surface area contributed by atoms with Crippen LogP contribution < -0.4 is 0 Å². The molecule has 2 fully saturated rings. The van der Waals surface area contributed by atoms with Crippen LogP contribution in [-0.2, 0) is 22.4 Å². The quantitative estimate of drug-likeness (QED) is 0.375. The Labute approximate surface area is 205 Å². The molecule has 3 aliphatic rings. The van der Waals surface area contributed by atoms with Crippen molar-refractivity contribution in [3.05, 3.63) is 51.0 Å². The van der Waals surface area contributed by atoms with Crippen molar-refractivity contribution in [1.82, 2.24) is 4.98 Å². The van der Waals surface area contributed by atoms with E-state index in [0.29, 0.717) is 23.0 Å². The van der Waals surface area contributed by atoms with Crippen LogP contribution in [0.2, 0.25) is 0 Å². The second-order valence-electron chi connectivity index (χ2n) is 10.1. The number of nitrogens with zero attached hydrogens (tertiary/aromatic N) is 1. The van der Waals surface area contributed by atoms with Gasteiger partial charge in [-0.05, 0) is 55.6 Å². The minimum atomic E-state index is -0.299. The molecule has 3 unspecified atom stereocenters. The summed E-state index contributed by atoms with van der Waals surface area (Å²) in [4.78, 5) is 31.2. The Morgan fingerprint density at radius 3 is 2.97 bits per heavy atom. The second kappa shape index (κ2) is 9.14. The molecule has 0 amide bonds. The lowest BCUT2D eigenvalue weighted by atomic mass is 9.83. The van der Waals surface area contributed by atoms with Gasteiger partial charge < -0.3 is 4.74 Å². The van der Waals surface area contributed by atoms with E-state index in [1.54, 1.807) is 0 Å². The molecule has 0 radical (unpaired) electrons. The molecule has 2 saturated carbocycles. The number of benzene rings is 1. The fourth-order valence-electron chi connectivity index (χ4n) is 6.41. The van der Waals surface area contributed by atoms with Gasteiger partial charge in [-0.2, -0.15) is 0 Å². The summed E-state index contributed by atoms with van der Waals surface area (Å²) >= 11 is 8.27. The number of carbonyl (C=O) groups excluding carboxylic acids is 2. The number of aromatic nitrogens is 1. The zero-order valence-electron chi connectivity index (χ0n) is 19.4. The number of hydrogen-bond donors (Lipinski definition) is 0. The summed E-state index contributed by atoms with van der Waals surface area (Å²) in [7, 11) is 1.44. The summed E-state index contributed by atoms with van der Waals surface area (Å²) in [6.45, 7) is 2.20. The maximum absolute atomic E-state index is 12.9. The van der Waals surface area contributed by atoms with Gasteiger partial charge in [0.25, 0.3) is 0 Å². The van der Waals surface area contributed by atoms with E-state index in [9.17, 15) is 9.59 Å². The topological polar surface area (TPSA) is 56.3 Å². The van der Waals surface area contributed by atoms with Crippen LogP contribution in [0.3, 0.4) is 0 Å². The normalized spacial score (nSPS) is 30.8. The molecule has 6 heteroatoms. The Morgan fingerprint density at radius 2 is 2.18 bits per heavy atom. The predicted octanol–water partition coefficient (Wildman–Crippen LogP) is 6.33. The molecule has 33 heavy (non-hydrogen) atoms. The van der Waals surface area contributed by atoms with Crippen LogP contribution in [0, 0.1) is 17.3 Å². The highest BCUT2D eigenvalue weighted by molar-refractivity contribution is 7.13. The van der Waals surface area contributed by atoms with Crippen molar-refractivity contribution in [1.29, 1.82) is 0 Å². The number of ether oxygens (including phenoxy) is 1. The van der Waals surface area contributed by atoms with Crippen LogP contribution in [0.15, 0.2) is 24.3 Å². The zero-order chi connectivity index (χ0) is 23.2. The number of aryl methyl sites for hydroxylation is 1. The Hall–Kier alpha value is -1.72. The van der Waals surface area contributed by atoms with Crippen molar-refractivity contribution in [2.45, 2.75) is 76.0 Å². The molecule has 4 nitrogen and oxygen atoms in total. The van der Waals surface area contributed by atoms with E-state index in [-0.39, 0.29) is 28.6 Å². The number of fused-ring (bicyclic) bond motifs is 4. The first-order valence-electron chi connectivity index (χ1n) is 12.3. The van der Waals surface area contributed by atoms with Gasteiger partial charge in [0.15, 0.2) is 0 Å². The highest BCUT2D eigenvalue weighted by Gasteiger charge is 2.67. The van der Waals surface area contributed by atoms with Crippen LogP contribution in [0.1, 0.15) is 89.3 Å². The lowest BCUT2D eigenvalue weighted by Crippen LogP contribution is -2.23. The average Bonchev–Trinajstić information content (AvgIpc) is 3.27. The van der Waals surface area contributed by atoms with E-state index in [0.717, 1.165) is 62.1 Å². The van der Waals surface area contributed by atoms with E-state index in [2.05, 4.69) is 31.2 Å². The number of thiazole rings is 1. The molecule has 2 heterocycles. The van der Waals surface area contributed by atoms with E-state index >= 15 is 0 Å². The van der Waals surface area contributed by atoms with Gasteiger partial charge in [0.1, 0.15) is 10.7 Å². The van der Waals surface area contributed by atoms with Crippen LogP contribution in [0.25, 0.3) is 0 Å². The van der Waals surface area contributed by atoms with E-state index in [1.165, 1.54) is 29.6 Å². The number of unbranched alkanes of at least 4 members (excludes halogenated alkanes) is 1. The summed E-state index contributed by atoms with van der Waals surface area (Å²) in [6, 6.07) is 8.80. The maximum Gasteiger partial charge on any atom is 0.350 e. The third kappa shape index (κ3) is 4.05. The highest BCUT2D eigenvalue weighted by atomic mass is 35.5. The second-order valence-corrected chi connectivity index (χ2v) is 11.7.